The van der Waals surface area contributed by atoms with Gasteiger partial charge in [0, 0.05) is 6.23 Å². The highest BCUT2D eigenvalue weighted by Crippen LogP contribution is 1.80. The lowest BCUT2D eigenvalue weighted by atomic mass is 10.8. The number of ether oxygens (including phenoxy) is 1. The van der Waals surface area contributed by atoms with Crippen LogP contribution < -0.4 is 0 Å². The first-order valence-corrected chi connectivity index (χ1v) is 6.08. The van der Waals surface area contributed by atoms with Gasteiger partial charge in [-0.25, -0.2) is 0 Å². The summed E-state index contributed by atoms with van der Waals surface area (Å²) in [6, 6.07) is 0. The van der Waals surface area contributed by atoms with Crippen LogP contribution in [0.25, 0.3) is 0 Å². The van der Waals surface area contributed by atoms with Crippen LogP contribution in [0.4, 0.5) is 0 Å². The maximum Gasteiger partial charge on any atom is 0.0693 e. The lowest BCUT2D eigenvalue weighted by molar-refractivity contribution is 0.120. The van der Waals surface area contributed by atoms with E-state index in [0.717, 1.165) is 6.23 Å². The quantitative estimate of drug-likeness (QED) is 0.434. The molecule has 1 N–H and O–H groups in total. The minimum Gasteiger partial charge on any atom is -0.394 e. The zero-order valence-corrected chi connectivity index (χ0v) is 6.71. The molecule has 50 valence electrons. The fourth-order valence-electron chi connectivity index (χ4n) is 0.384. The molecule has 0 spiro atoms. The molecule has 8 heavy (non-hydrogen) atoms. The van der Waals surface area contributed by atoms with Gasteiger partial charge in [0.15, 0.2) is 0 Å². The van der Waals surface area contributed by atoms with Gasteiger partial charge in [0.05, 0.1) is 22.0 Å². The molecule has 0 aromatic rings. The third kappa shape index (κ3) is 6.14. The van der Waals surface area contributed by atoms with E-state index in [-0.39, 0.29) is 6.61 Å². The van der Waals surface area contributed by atoms with Gasteiger partial charge in [-0.05, 0) is 0 Å². The molecule has 0 aromatic carbocycles. The van der Waals surface area contributed by atoms with Crippen molar-refractivity contribution >= 4 is 8.80 Å². The van der Waals surface area contributed by atoms with Crippen molar-refractivity contribution in [3.63, 3.8) is 0 Å². The highest BCUT2D eigenvalue weighted by molar-refractivity contribution is 6.55. The molecule has 2 nitrogen and oxygen atoms in total. The Kier molecular flexibility index (Phi) is 5.37. The second-order valence-electron chi connectivity index (χ2n) is 2.19. The summed E-state index contributed by atoms with van der Waals surface area (Å²) in [6.45, 7) is 5.10. The van der Waals surface area contributed by atoms with E-state index in [1.807, 2.05) is 0 Å². The van der Waals surface area contributed by atoms with Crippen molar-refractivity contribution in [2.45, 2.75) is 13.1 Å². The first-order valence-electron chi connectivity index (χ1n) is 2.96. The Bertz CT molecular complexity index is 47.7. The highest BCUT2D eigenvalue weighted by atomic mass is 28.3. The van der Waals surface area contributed by atoms with Gasteiger partial charge >= 0.3 is 0 Å². The molecule has 0 aromatic heterocycles. The maximum absolute atomic E-state index is 8.27. The summed E-state index contributed by atoms with van der Waals surface area (Å²) in [5, 5.41) is 8.27. The number of hydrogen-bond acceptors (Lipinski definition) is 2. The van der Waals surface area contributed by atoms with Crippen LogP contribution in [0.15, 0.2) is 0 Å². The van der Waals surface area contributed by atoms with Gasteiger partial charge in [0.25, 0.3) is 0 Å². The fraction of sp³-hybridized carbons (Fsp3) is 1.00. The molecule has 0 fully saturated rings. The molecule has 0 unspecified atom stereocenters. The summed E-state index contributed by atoms with van der Waals surface area (Å²) in [5.74, 6) is 0. The first kappa shape index (κ1) is 8.14. The summed E-state index contributed by atoms with van der Waals surface area (Å²) in [4.78, 5) is 0. The standard InChI is InChI=1S/C5H14O2Si/c1-8(2)5-7-4-3-6/h6,8H,3-5H2,1-2H3. The predicted molar refractivity (Wildman–Crippen MR) is 36.8 cm³/mol. The van der Waals surface area contributed by atoms with Gasteiger partial charge in [-0.15, -0.1) is 0 Å². The largest absolute Gasteiger partial charge is 0.394 e. The summed E-state index contributed by atoms with van der Waals surface area (Å²) in [7, 11) is -0.535. The summed E-state index contributed by atoms with van der Waals surface area (Å²) in [5.41, 5.74) is 0. The van der Waals surface area contributed by atoms with E-state index in [1.165, 1.54) is 0 Å². The molecule has 0 atom stereocenters. The Balaban J connectivity index is 2.72. The predicted octanol–water partition coefficient (Wildman–Crippen LogP) is 0.0212. The van der Waals surface area contributed by atoms with Crippen LogP contribution in [0, 0.1) is 0 Å². The number of rotatable bonds is 4. The first-order chi connectivity index (χ1) is 3.77. The summed E-state index contributed by atoms with van der Waals surface area (Å²) >= 11 is 0. The normalized spacial score (nSPS) is 10.5. The van der Waals surface area contributed by atoms with E-state index in [9.17, 15) is 0 Å². The molecular weight excluding hydrogens is 120 g/mol. The van der Waals surface area contributed by atoms with Crippen molar-refractivity contribution in [3.05, 3.63) is 0 Å². The van der Waals surface area contributed by atoms with Crippen molar-refractivity contribution in [1.29, 1.82) is 0 Å². The lowest BCUT2D eigenvalue weighted by Gasteiger charge is -2.01. The van der Waals surface area contributed by atoms with Gasteiger partial charge in [-0.1, -0.05) is 13.1 Å². The molecule has 3 heteroatoms. The Morgan fingerprint density at radius 2 is 2.12 bits per heavy atom. The van der Waals surface area contributed by atoms with Crippen molar-refractivity contribution in [2.75, 3.05) is 19.4 Å². The van der Waals surface area contributed by atoms with Gasteiger partial charge in [0.1, 0.15) is 0 Å². The fourth-order valence-corrected chi connectivity index (χ4v) is 1.02. The van der Waals surface area contributed by atoms with E-state index < -0.39 is 8.80 Å². The monoisotopic (exact) mass is 134 g/mol. The van der Waals surface area contributed by atoms with Crippen LogP contribution in [0.5, 0.6) is 0 Å². The van der Waals surface area contributed by atoms with Gasteiger partial charge in [-0.3, -0.25) is 0 Å². The number of hydrogen-bond donors (Lipinski definition) is 1. The van der Waals surface area contributed by atoms with Crippen molar-refractivity contribution in [1.82, 2.24) is 0 Å². The third-order valence-corrected chi connectivity index (χ3v) is 1.59. The van der Waals surface area contributed by atoms with Gasteiger partial charge in [0.2, 0.25) is 0 Å². The molecule has 0 heterocycles. The Hall–Kier alpha value is 0.137. The van der Waals surface area contributed by atoms with E-state index in [1.54, 1.807) is 0 Å². The average molecular weight is 134 g/mol. The topological polar surface area (TPSA) is 29.5 Å². The molecular formula is C5H14O2Si. The number of aliphatic hydroxyl groups is 1. The second kappa shape index (κ2) is 5.28. The molecule has 0 saturated heterocycles. The van der Waals surface area contributed by atoms with Gasteiger partial charge < -0.3 is 9.84 Å². The van der Waals surface area contributed by atoms with E-state index in [0.29, 0.717) is 6.61 Å². The van der Waals surface area contributed by atoms with E-state index in [4.69, 9.17) is 9.84 Å². The summed E-state index contributed by atoms with van der Waals surface area (Å²) < 4.78 is 5.06. The molecule has 0 amide bonds. The Morgan fingerprint density at radius 3 is 2.50 bits per heavy atom. The highest BCUT2D eigenvalue weighted by Gasteiger charge is 1.92. The van der Waals surface area contributed by atoms with Crippen molar-refractivity contribution in [3.8, 4) is 0 Å². The van der Waals surface area contributed by atoms with Crippen molar-refractivity contribution in [2.24, 2.45) is 0 Å². The number of aliphatic hydroxyl groups excluding tert-OH is 1. The van der Waals surface area contributed by atoms with Crippen LogP contribution >= 0.6 is 0 Å². The molecule has 0 aliphatic rings. The van der Waals surface area contributed by atoms with E-state index in [2.05, 4.69) is 13.1 Å². The van der Waals surface area contributed by atoms with Crippen LogP contribution in [0.2, 0.25) is 13.1 Å². The third-order valence-electron chi connectivity index (χ3n) is 0.687. The SMILES string of the molecule is C[SiH](C)COCCO. The van der Waals surface area contributed by atoms with Crippen molar-refractivity contribution < 1.29 is 9.84 Å². The smallest absolute Gasteiger partial charge is 0.0693 e. The van der Waals surface area contributed by atoms with Gasteiger partial charge in [-0.2, -0.15) is 0 Å². The molecule has 0 saturated carbocycles. The van der Waals surface area contributed by atoms with Crippen LogP contribution in [-0.2, 0) is 4.74 Å². The lowest BCUT2D eigenvalue weighted by Crippen LogP contribution is -2.13. The minimum absolute atomic E-state index is 0.154. The van der Waals surface area contributed by atoms with E-state index >= 15 is 0 Å². The van der Waals surface area contributed by atoms with Crippen LogP contribution in [-0.4, -0.2) is 33.3 Å². The maximum atomic E-state index is 8.27. The molecule has 0 bridgehead atoms. The minimum atomic E-state index is -0.535. The zero-order valence-electron chi connectivity index (χ0n) is 5.55. The zero-order chi connectivity index (χ0) is 6.41. The molecule has 0 rings (SSSR count). The molecule has 0 aliphatic carbocycles. The second-order valence-corrected chi connectivity index (χ2v) is 5.31. The average Bonchev–Trinajstić information content (AvgIpc) is 1.66. The van der Waals surface area contributed by atoms with Crippen LogP contribution in [0.1, 0.15) is 0 Å². The Morgan fingerprint density at radius 1 is 1.50 bits per heavy atom. The molecule has 0 radical (unpaired) electrons. The van der Waals surface area contributed by atoms with Crippen LogP contribution in [0.3, 0.4) is 0 Å². The Labute approximate surface area is 52.1 Å². The summed E-state index contributed by atoms with van der Waals surface area (Å²) in [6.07, 6.45) is 0.889. The molecule has 0 aliphatic heterocycles.